The van der Waals surface area contributed by atoms with Crippen LogP contribution in [0.4, 0.5) is 4.79 Å². The first kappa shape index (κ1) is 16.4. The van der Waals surface area contributed by atoms with Crippen LogP contribution in [-0.4, -0.2) is 15.6 Å². The van der Waals surface area contributed by atoms with Gasteiger partial charge in [0, 0.05) is 18.9 Å². The second-order valence-corrected chi connectivity index (χ2v) is 6.57. The monoisotopic (exact) mass is 346 g/mol. The van der Waals surface area contributed by atoms with E-state index in [0.717, 1.165) is 30.5 Å². The summed E-state index contributed by atoms with van der Waals surface area (Å²) in [6.07, 6.45) is 8.59. The molecule has 0 bridgehead atoms. The van der Waals surface area contributed by atoms with Gasteiger partial charge in [-0.05, 0) is 42.0 Å². The van der Waals surface area contributed by atoms with Crippen molar-refractivity contribution in [1.82, 2.24) is 20.2 Å². The fourth-order valence-electron chi connectivity index (χ4n) is 3.60. The Kier molecular flexibility index (Phi) is 4.69. The van der Waals surface area contributed by atoms with Gasteiger partial charge in [-0.15, -0.1) is 0 Å². The number of hydrogen-bond acceptors (Lipinski definition) is 2. The first-order valence-corrected chi connectivity index (χ1v) is 8.99. The van der Waals surface area contributed by atoms with Gasteiger partial charge in [0.15, 0.2) is 0 Å². The number of urea groups is 1. The van der Waals surface area contributed by atoms with E-state index in [0.29, 0.717) is 6.54 Å². The standard InChI is InChI=1S/C21H22N4O/c26-21(24-19-10-5-8-16-6-1-3-9-18(16)19)23-14-17-7-2-4-11-20(17)25-13-12-22-15-25/h1-4,6-7,9,11-13,15,19H,5,8,10,14H2,(H2,23,24,26). The summed E-state index contributed by atoms with van der Waals surface area (Å²) in [5, 5.41) is 6.13. The van der Waals surface area contributed by atoms with Crippen LogP contribution in [0.2, 0.25) is 0 Å². The second kappa shape index (κ2) is 7.44. The molecule has 0 fully saturated rings. The number of aromatic nitrogens is 2. The number of nitrogens with one attached hydrogen (secondary N) is 2. The summed E-state index contributed by atoms with van der Waals surface area (Å²) in [6, 6.07) is 16.3. The molecule has 132 valence electrons. The lowest BCUT2D eigenvalue weighted by Gasteiger charge is -2.26. The van der Waals surface area contributed by atoms with Gasteiger partial charge in [-0.2, -0.15) is 0 Å². The van der Waals surface area contributed by atoms with Gasteiger partial charge in [-0.25, -0.2) is 9.78 Å². The van der Waals surface area contributed by atoms with Crippen LogP contribution in [0.25, 0.3) is 5.69 Å². The van der Waals surface area contributed by atoms with Crippen LogP contribution in [0.3, 0.4) is 0 Å². The summed E-state index contributed by atoms with van der Waals surface area (Å²) in [6.45, 7) is 0.467. The summed E-state index contributed by atoms with van der Waals surface area (Å²) >= 11 is 0. The summed E-state index contributed by atoms with van der Waals surface area (Å²) in [4.78, 5) is 16.5. The van der Waals surface area contributed by atoms with Crippen molar-refractivity contribution in [2.45, 2.75) is 31.8 Å². The van der Waals surface area contributed by atoms with E-state index in [-0.39, 0.29) is 12.1 Å². The van der Waals surface area contributed by atoms with Crippen LogP contribution in [0.1, 0.15) is 35.6 Å². The Morgan fingerprint density at radius 2 is 2.00 bits per heavy atom. The molecule has 1 aliphatic carbocycles. The Bertz CT molecular complexity index is 889. The van der Waals surface area contributed by atoms with Crippen molar-refractivity contribution < 1.29 is 4.79 Å². The average molecular weight is 346 g/mol. The van der Waals surface area contributed by atoms with Crippen LogP contribution < -0.4 is 10.6 Å². The average Bonchev–Trinajstić information content (AvgIpc) is 3.21. The van der Waals surface area contributed by atoms with Crippen molar-refractivity contribution >= 4 is 6.03 Å². The number of para-hydroxylation sites is 1. The zero-order valence-electron chi connectivity index (χ0n) is 14.6. The van der Waals surface area contributed by atoms with Gasteiger partial charge in [0.1, 0.15) is 0 Å². The minimum absolute atomic E-state index is 0.0869. The van der Waals surface area contributed by atoms with Gasteiger partial charge >= 0.3 is 6.03 Å². The number of nitrogens with zero attached hydrogens (tertiary/aromatic N) is 2. The van der Waals surface area contributed by atoms with E-state index in [4.69, 9.17) is 0 Å². The van der Waals surface area contributed by atoms with E-state index in [1.54, 1.807) is 12.5 Å². The number of aryl methyl sites for hydroxylation is 1. The lowest BCUT2D eigenvalue weighted by Crippen LogP contribution is -2.38. The predicted octanol–water partition coefficient (Wildman–Crippen LogP) is 3.75. The molecule has 1 heterocycles. The highest BCUT2D eigenvalue weighted by atomic mass is 16.2. The molecular formula is C21H22N4O. The number of fused-ring (bicyclic) bond motifs is 1. The van der Waals surface area contributed by atoms with Crippen LogP contribution in [0.5, 0.6) is 0 Å². The van der Waals surface area contributed by atoms with Gasteiger partial charge in [-0.3, -0.25) is 0 Å². The first-order valence-electron chi connectivity index (χ1n) is 8.99. The number of benzene rings is 2. The number of imidazole rings is 1. The van der Waals surface area contributed by atoms with E-state index >= 15 is 0 Å². The first-order chi connectivity index (χ1) is 12.8. The number of carbonyl (C=O) groups is 1. The van der Waals surface area contributed by atoms with E-state index in [1.165, 1.54) is 11.1 Å². The molecule has 1 aliphatic rings. The molecular weight excluding hydrogens is 324 g/mol. The number of carbonyl (C=O) groups excluding carboxylic acids is 1. The Balaban J connectivity index is 1.42. The summed E-state index contributed by atoms with van der Waals surface area (Å²) in [5.74, 6) is 0. The van der Waals surface area contributed by atoms with Gasteiger partial charge < -0.3 is 15.2 Å². The zero-order chi connectivity index (χ0) is 17.8. The molecule has 5 heteroatoms. The van der Waals surface area contributed by atoms with Crippen molar-refractivity contribution in [2.24, 2.45) is 0 Å². The highest BCUT2D eigenvalue weighted by Gasteiger charge is 2.21. The van der Waals surface area contributed by atoms with E-state index in [2.05, 4.69) is 33.8 Å². The van der Waals surface area contributed by atoms with Crippen molar-refractivity contribution in [3.63, 3.8) is 0 Å². The molecule has 1 aromatic heterocycles. The lowest BCUT2D eigenvalue weighted by molar-refractivity contribution is 0.235. The quantitative estimate of drug-likeness (QED) is 0.756. The van der Waals surface area contributed by atoms with Gasteiger partial charge in [0.25, 0.3) is 0 Å². The molecule has 3 aromatic rings. The van der Waals surface area contributed by atoms with Crippen molar-refractivity contribution in [3.05, 3.63) is 83.9 Å². The molecule has 2 amide bonds. The SMILES string of the molecule is O=C(NCc1ccccc1-n1ccnc1)NC1CCCc2ccccc21. The third-order valence-corrected chi connectivity index (χ3v) is 4.89. The van der Waals surface area contributed by atoms with Crippen molar-refractivity contribution in [1.29, 1.82) is 0 Å². The molecule has 0 radical (unpaired) electrons. The Labute approximate surface area is 153 Å². The summed E-state index contributed by atoms with van der Waals surface area (Å²) in [7, 11) is 0. The minimum atomic E-state index is -0.132. The zero-order valence-corrected chi connectivity index (χ0v) is 14.6. The van der Waals surface area contributed by atoms with Gasteiger partial charge in [0.05, 0.1) is 18.1 Å². The Hall–Kier alpha value is -3.08. The maximum atomic E-state index is 12.5. The van der Waals surface area contributed by atoms with Crippen LogP contribution in [0, 0.1) is 0 Å². The summed E-state index contributed by atoms with van der Waals surface area (Å²) < 4.78 is 1.95. The normalized spacial score (nSPS) is 15.9. The minimum Gasteiger partial charge on any atom is -0.334 e. The van der Waals surface area contributed by atoms with E-state index in [9.17, 15) is 4.79 Å². The van der Waals surface area contributed by atoms with Crippen molar-refractivity contribution in [3.8, 4) is 5.69 Å². The number of hydrogen-bond donors (Lipinski definition) is 2. The smallest absolute Gasteiger partial charge is 0.315 e. The van der Waals surface area contributed by atoms with E-state index in [1.807, 2.05) is 41.1 Å². The van der Waals surface area contributed by atoms with Gasteiger partial charge in [0.2, 0.25) is 0 Å². The van der Waals surface area contributed by atoms with Crippen LogP contribution in [0.15, 0.2) is 67.3 Å². The topological polar surface area (TPSA) is 59.0 Å². The summed E-state index contributed by atoms with van der Waals surface area (Å²) in [5.41, 5.74) is 4.65. The molecule has 5 nitrogen and oxygen atoms in total. The third-order valence-electron chi connectivity index (χ3n) is 4.89. The molecule has 2 N–H and O–H groups in total. The second-order valence-electron chi connectivity index (χ2n) is 6.57. The Morgan fingerprint density at radius 1 is 1.15 bits per heavy atom. The fraction of sp³-hybridized carbons (Fsp3) is 0.238. The predicted molar refractivity (Wildman–Crippen MR) is 101 cm³/mol. The lowest BCUT2D eigenvalue weighted by atomic mass is 9.88. The van der Waals surface area contributed by atoms with Gasteiger partial charge in [-0.1, -0.05) is 42.5 Å². The molecule has 1 unspecified atom stereocenters. The maximum absolute atomic E-state index is 12.5. The highest BCUT2D eigenvalue weighted by Crippen LogP contribution is 2.29. The van der Waals surface area contributed by atoms with Crippen molar-refractivity contribution in [2.75, 3.05) is 0 Å². The maximum Gasteiger partial charge on any atom is 0.315 e. The number of rotatable bonds is 4. The third kappa shape index (κ3) is 3.47. The molecule has 0 aliphatic heterocycles. The molecule has 4 rings (SSSR count). The van der Waals surface area contributed by atoms with E-state index < -0.39 is 0 Å². The van der Waals surface area contributed by atoms with Crippen LogP contribution in [-0.2, 0) is 13.0 Å². The van der Waals surface area contributed by atoms with Crippen LogP contribution >= 0.6 is 0 Å². The highest BCUT2D eigenvalue weighted by molar-refractivity contribution is 5.74. The largest absolute Gasteiger partial charge is 0.334 e. The fourth-order valence-corrected chi connectivity index (χ4v) is 3.60. The molecule has 2 aromatic carbocycles. The molecule has 0 saturated heterocycles. The Morgan fingerprint density at radius 3 is 2.88 bits per heavy atom. The number of amides is 2. The molecule has 26 heavy (non-hydrogen) atoms. The molecule has 0 saturated carbocycles. The molecule has 0 spiro atoms. The molecule has 1 atom stereocenters.